The summed E-state index contributed by atoms with van der Waals surface area (Å²) in [6.45, 7) is 3.87. The number of ether oxygens (including phenoxy) is 1. The Morgan fingerprint density at radius 3 is 2.75 bits per heavy atom. The van der Waals surface area contributed by atoms with Crippen LogP contribution >= 0.6 is 15.9 Å². The Labute approximate surface area is 194 Å². The van der Waals surface area contributed by atoms with E-state index in [4.69, 9.17) is 9.84 Å². The second-order valence-electron chi connectivity index (χ2n) is 8.00. The molecule has 0 saturated carbocycles. The van der Waals surface area contributed by atoms with E-state index in [2.05, 4.69) is 26.3 Å². The summed E-state index contributed by atoms with van der Waals surface area (Å²) in [5, 5.41) is 25.5. The lowest BCUT2D eigenvalue weighted by atomic mass is 10.0. The number of hydrogen-bond donors (Lipinski definition) is 3. The first-order chi connectivity index (χ1) is 15.3. The molecule has 172 valence electrons. The topological polar surface area (TPSA) is 117 Å². The Hall–Kier alpha value is -2.69. The molecule has 0 fully saturated rings. The number of aromatic nitrogens is 2. The van der Waals surface area contributed by atoms with Gasteiger partial charge in [-0.15, -0.1) is 0 Å². The smallest absolute Gasteiger partial charge is 0.251 e. The molecule has 2 heterocycles. The molecular weight excluding hydrogens is 480 g/mol. The van der Waals surface area contributed by atoms with Crippen LogP contribution < -0.4 is 10.1 Å². The van der Waals surface area contributed by atoms with E-state index in [1.54, 1.807) is 18.3 Å². The van der Waals surface area contributed by atoms with E-state index in [1.165, 1.54) is 15.7 Å². The van der Waals surface area contributed by atoms with E-state index in [0.29, 0.717) is 23.7 Å². The molecule has 1 aromatic carbocycles. The summed E-state index contributed by atoms with van der Waals surface area (Å²) in [6.07, 6.45) is 2.53. The van der Waals surface area contributed by atoms with Gasteiger partial charge < -0.3 is 25.2 Å². The molecule has 10 heteroatoms. The number of carbonyl (C=O) groups is 2. The van der Waals surface area contributed by atoms with Crippen LogP contribution in [0.1, 0.15) is 20.3 Å². The van der Waals surface area contributed by atoms with Gasteiger partial charge in [-0.25, -0.2) is 0 Å². The summed E-state index contributed by atoms with van der Waals surface area (Å²) < 4.78 is 8.07. The maximum absolute atomic E-state index is 13.1. The monoisotopic (exact) mass is 506 g/mol. The van der Waals surface area contributed by atoms with Gasteiger partial charge in [0, 0.05) is 18.3 Å². The van der Waals surface area contributed by atoms with Crippen LogP contribution in [0.15, 0.2) is 52.8 Å². The molecule has 9 nitrogen and oxygen atoms in total. The largest absolute Gasteiger partial charge is 0.458 e. The third-order valence-corrected chi connectivity index (χ3v) is 5.50. The fourth-order valence-corrected chi connectivity index (χ4v) is 3.71. The average molecular weight is 507 g/mol. The van der Waals surface area contributed by atoms with E-state index < -0.39 is 12.1 Å². The third-order valence-electron chi connectivity index (χ3n) is 4.85. The molecule has 1 aliphatic rings. The molecule has 2 aromatic rings. The lowest BCUT2D eigenvalue weighted by Gasteiger charge is -2.28. The van der Waals surface area contributed by atoms with Crippen LogP contribution in [-0.4, -0.2) is 62.0 Å². The van der Waals surface area contributed by atoms with E-state index in [9.17, 15) is 14.7 Å². The third kappa shape index (κ3) is 6.18. The number of rotatable bonds is 10. The maximum Gasteiger partial charge on any atom is 0.251 e. The first-order valence-electron chi connectivity index (χ1n) is 10.3. The number of nitrogens with one attached hydrogen (secondary N) is 1. The van der Waals surface area contributed by atoms with Crippen molar-refractivity contribution in [2.75, 3.05) is 18.5 Å². The number of carbonyl (C=O) groups excluding carboxylic acids is 2. The first kappa shape index (κ1) is 24.0. The molecule has 1 aliphatic heterocycles. The van der Waals surface area contributed by atoms with Gasteiger partial charge in [-0.05, 0) is 40.4 Å². The molecule has 3 rings (SSSR count). The van der Waals surface area contributed by atoms with Gasteiger partial charge in [0.25, 0.3) is 5.91 Å². The van der Waals surface area contributed by atoms with Crippen LogP contribution in [0.3, 0.4) is 0 Å². The quantitative estimate of drug-likeness (QED) is 0.454. The summed E-state index contributed by atoms with van der Waals surface area (Å²) in [6, 6.07) is 8.24. The van der Waals surface area contributed by atoms with E-state index in [1.807, 2.05) is 32.0 Å². The zero-order chi connectivity index (χ0) is 23.3. The highest BCUT2D eigenvalue weighted by Gasteiger charge is 2.35. The van der Waals surface area contributed by atoms with Crippen molar-refractivity contribution in [3.8, 4) is 5.75 Å². The molecule has 0 unspecified atom stereocenters. The van der Waals surface area contributed by atoms with Gasteiger partial charge in [-0.2, -0.15) is 5.10 Å². The fourth-order valence-electron chi connectivity index (χ4n) is 3.34. The van der Waals surface area contributed by atoms with Gasteiger partial charge >= 0.3 is 0 Å². The van der Waals surface area contributed by atoms with Crippen molar-refractivity contribution in [2.45, 2.75) is 39.0 Å². The number of hydrogen-bond acceptors (Lipinski definition) is 6. The average Bonchev–Trinajstić information content (AvgIpc) is 3.33. The minimum Gasteiger partial charge on any atom is -0.458 e. The molecule has 0 radical (unpaired) electrons. The zero-order valence-electron chi connectivity index (χ0n) is 17.9. The number of benzene rings is 1. The van der Waals surface area contributed by atoms with E-state index in [0.717, 1.165) is 4.47 Å². The Morgan fingerprint density at radius 2 is 2.06 bits per heavy atom. The number of para-hydroxylation sites is 1. The molecule has 0 aliphatic carbocycles. The Morgan fingerprint density at radius 1 is 1.31 bits per heavy atom. The summed E-state index contributed by atoms with van der Waals surface area (Å²) in [7, 11) is 0. The van der Waals surface area contributed by atoms with Gasteiger partial charge in [-0.3, -0.25) is 14.3 Å². The van der Waals surface area contributed by atoms with Crippen molar-refractivity contribution in [2.24, 2.45) is 5.92 Å². The number of aliphatic hydroxyl groups excluding tert-OH is 2. The molecule has 0 spiro atoms. The summed E-state index contributed by atoms with van der Waals surface area (Å²) >= 11 is 3.42. The number of nitrogens with zero attached hydrogens (tertiary/aromatic N) is 3. The molecule has 1 aromatic heterocycles. The molecule has 0 saturated heterocycles. The van der Waals surface area contributed by atoms with Crippen LogP contribution in [0.5, 0.6) is 5.75 Å². The lowest BCUT2D eigenvalue weighted by Crippen LogP contribution is -2.46. The normalized spacial score (nSPS) is 15.6. The summed E-state index contributed by atoms with van der Waals surface area (Å²) in [5.74, 6) is 0.891. The molecule has 32 heavy (non-hydrogen) atoms. The van der Waals surface area contributed by atoms with Gasteiger partial charge in [-0.1, -0.05) is 26.0 Å². The number of aliphatic hydroxyl groups is 2. The van der Waals surface area contributed by atoms with Crippen LogP contribution in [0.2, 0.25) is 0 Å². The number of amides is 2. The minimum atomic E-state index is -0.941. The zero-order valence-corrected chi connectivity index (χ0v) is 19.5. The summed E-state index contributed by atoms with van der Waals surface area (Å²) in [5.41, 5.74) is 0. The molecule has 0 bridgehead atoms. The second-order valence-corrected chi connectivity index (χ2v) is 8.86. The molecular formula is C22H27BrN4O5. The predicted molar refractivity (Wildman–Crippen MR) is 122 cm³/mol. The highest BCUT2D eigenvalue weighted by atomic mass is 79.9. The van der Waals surface area contributed by atoms with Gasteiger partial charge in [0.15, 0.2) is 5.82 Å². The first-order valence-corrected chi connectivity index (χ1v) is 11.1. The van der Waals surface area contributed by atoms with Crippen molar-refractivity contribution in [1.82, 2.24) is 14.7 Å². The van der Waals surface area contributed by atoms with Crippen molar-refractivity contribution < 1.29 is 24.5 Å². The van der Waals surface area contributed by atoms with Gasteiger partial charge in [0.2, 0.25) is 5.91 Å². The van der Waals surface area contributed by atoms with Crippen LogP contribution in [0.25, 0.3) is 0 Å². The standard InChI is InChI=1S/C22H27BrN4O5/c1-14(2)9-18(22(31)24-20-7-8-26(25-20)11-15(29)13-28)27-12-16(10-21(27)30)32-19-6-4-3-5-17(19)23/h3-8,10,14-15,18,28-29H,9,11-13H2,1-2H3,(H,24,25,31)/t15-,18+/m1/s1. The number of anilines is 1. The minimum absolute atomic E-state index is 0.103. The molecule has 2 amide bonds. The Balaban J connectivity index is 1.69. The maximum atomic E-state index is 13.1. The molecule has 2 atom stereocenters. The van der Waals surface area contributed by atoms with E-state index in [-0.39, 0.29) is 37.4 Å². The lowest BCUT2D eigenvalue weighted by molar-refractivity contribution is -0.133. The van der Waals surface area contributed by atoms with Crippen molar-refractivity contribution in [3.63, 3.8) is 0 Å². The van der Waals surface area contributed by atoms with Crippen molar-refractivity contribution >= 4 is 33.6 Å². The van der Waals surface area contributed by atoms with Gasteiger partial charge in [0.1, 0.15) is 17.6 Å². The predicted octanol–water partition coefficient (Wildman–Crippen LogP) is 2.16. The fraction of sp³-hybridized carbons (Fsp3) is 0.409. The van der Waals surface area contributed by atoms with Crippen LogP contribution in [0, 0.1) is 5.92 Å². The van der Waals surface area contributed by atoms with Crippen LogP contribution in [0.4, 0.5) is 5.82 Å². The summed E-state index contributed by atoms with van der Waals surface area (Å²) in [4.78, 5) is 27.3. The van der Waals surface area contributed by atoms with Crippen molar-refractivity contribution in [1.29, 1.82) is 0 Å². The SMILES string of the molecule is CC(C)C[C@@H](C(=O)Nc1ccn(C[C@@H](O)CO)n1)N1CC(Oc2ccccc2Br)=CC1=O. The van der Waals surface area contributed by atoms with E-state index >= 15 is 0 Å². The Kier molecular flexibility index (Phi) is 8.05. The van der Waals surface area contributed by atoms with Crippen molar-refractivity contribution in [3.05, 3.63) is 52.8 Å². The second kappa shape index (κ2) is 10.8. The van der Waals surface area contributed by atoms with Gasteiger partial charge in [0.05, 0.1) is 30.3 Å². The Bertz CT molecular complexity index is 990. The highest BCUT2D eigenvalue weighted by molar-refractivity contribution is 9.10. The number of halogens is 1. The highest BCUT2D eigenvalue weighted by Crippen LogP contribution is 2.28. The molecule has 3 N–H and O–H groups in total. The van der Waals surface area contributed by atoms with Crippen LogP contribution in [-0.2, 0) is 16.1 Å².